The highest BCUT2D eigenvalue weighted by atomic mass is 16.6. The molecule has 0 unspecified atom stereocenters. The Labute approximate surface area is 103 Å². The van der Waals surface area contributed by atoms with Crippen LogP contribution in [0.3, 0.4) is 0 Å². The second-order valence-electron chi connectivity index (χ2n) is 5.38. The van der Waals surface area contributed by atoms with Gasteiger partial charge in [-0.3, -0.25) is 0 Å². The van der Waals surface area contributed by atoms with Gasteiger partial charge in [0.15, 0.2) is 6.10 Å². The van der Waals surface area contributed by atoms with E-state index in [9.17, 15) is 4.79 Å². The van der Waals surface area contributed by atoms with Crippen LogP contribution in [0.15, 0.2) is 11.6 Å². The Morgan fingerprint density at radius 1 is 1.53 bits per heavy atom. The zero-order valence-corrected chi connectivity index (χ0v) is 10.9. The van der Waals surface area contributed by atoms with Gasteiger partial charge in [-0.2, -0.15) is 0 Å². The predicted molar refractivity (Wildman–Crippen MR) is 65.6 cm³/mol. The normalized spacial score (nSPS) is 32.9. The molecule has 1 fully saturated rings. The van der Waals surface area contributed by atoms with Gasteiger partial charge in [0, 0.05) is 12.3 Å². The van der Waals surface area contributed by atoms with Crippen molar-refractivity contribution < 1.29 is 14.3 Å². The Morgan fingerprint density at radius 2 is 2.29 bits per heavy atom. The van der Waals surface area contributed by atoms with Crippen LogP contribution in [0.5, 0.6) is 0 Å². The predicted octanol–water partition coefficient (Wildman–Crippen LogP) is 2.70. The molecule has 0 amide bonds. The Morgan fingerprint density at radius 3 is 2.94 bits per heavy atom. The summed E-state index contributed by atoms with van der Waals surface area (Å²) < 4.78 is 10.8. The summed E-state index contributed by atoms with van der Waals surface area (Å²) >= 11 is 0. The molecule has 0 saturated carbocycles. The van der Waals surface area contributed by atoms with Gasteiger partial charge in [0.05, 0.1) is 13.2 Å². The number of methoxy groups -OCH3 is 1. The summed E-state index contributed by atoms with van der Waals surface area (Å²) in [4.78, 5) is 11.6. The van der Waals surface area contributed by atoms with E-state index in [1.165, 1.54) is 25.5 Å². The molecule has 17 heavy (non-hydrogen) atoms. The molecule has 3 heteroatoms. The van der Waals surface area contributed by atoms with E-state index in [1.54, 1.807) is 0 Å². The van der Waals surface area contributed by atoms with Gasteiger partial charge in [-0.25, -0.2) is 4.79 Å². The molecule has 96 valence electrons. The number of allylic oxidation sites excluding steroid dienone is 1. The summed E-state index contributed by atoms with van der Waals surface area (Å²) in [5.41, 5.74) is 1.41. The molecule has 2 rings (SSSR count). The SMILES string of the molecule is COC(=O)[C@@H]1CC2=CCCC[C@H]2[C@H](C(C)C)O1. The van der Waals surface area contributed by atoms with Gasteiger partial charge < -0.3 is 9.47 Å². The molecular weight excluding hydrogens is 216 g/mol. The minimum Gasteiger partial charge on any atom is -0.467 e. The molecule has 0 aromatic rings. The van der Waals surface area contributed by atoms with Crippen molar-refractivity contribution in [2.45, 2.75) is 51.7 Å². The quantitative estimate of drug-likeness (QED) is 0.548. The second-order valence-corrected chi connectivity index (χ2v) is 5.38. The molecule has 1 saturated heterocycles. The van der Waals surface area contributed by atoms with Gasteiger partial charge in [-0.05, 0) is 25.2 Å². The van der Waals surface area contributed by atoms with Gasteiger partial charge in [-0.15, -0.1) is 0 Å². The fourth-order valence-corrected chi connectivity index (χ4v) is 3.01. The lowest BCUT2D eigenvalue weighted by Crippen LogP contribution is -2.44. The topological polar surface area (TPSA) is 35.5 Å². The van der Waals surface area contributed by atoms with Crippen LogP contribution in [-0.4, -0.2) is 25.3 Å². The Bertz CT molecular complexity index is 319. The average molecular weight is 238 g/mol. The summed E-state index contributed by atoms with van der Waals surface area (Å²) in [5, 5.41) is 0. The largest absolute Gasteiger partial charge is 0.467 e. The molecule has 2 aliphatic rings. The smallest absolute Gasteiger partial charge is 0.335 e. The monoisotopic (exact) mass is 238 g/mol. The van der Waals surface area contributed by atoms with Crippen LogP contribution in [-0.2, 0) is 14.3 Å². The minimum absolute atomic E-state index is 0.166. The number of rotatable bonds is 2. The van der Waals surface area contributed by atoms with Crippen molar-refractivity contribution in [1.82, 2.24) is 0 Å². The lowest BCUT2D eigenvalue weighted by Gasteiger charge is -2.41. The van der Waals surface area contributed by atoms with Gasteiger partial charge in [0.25, 0.3) is 0 Å². The zero-order chi connectivity index (χ0) is 12.4. The lowest BCUT2D eigenvalue weighted by molar-refractivity contribution is -0.166. The number of carbonyl (C=O) groups excluding carboxylic acids is 1. The Kier molecular flexibility index (Phi) is 3.87. The van der Waals surface area contributed by atoms with Crippen molar-refractivity contribution in [1.29, 1.82) is 0 Å². The fourth-order valence-electron chi connectivity index (χ4n) is 3.01. The van der Waals surface area contributed by atoms with Crippen molar-refractivity contribution in [2.75, 3.05) is 7.11 Å². The van der Waals surface area contributed by atoms with Crippen LogP contribution in [0.4, 0.5) is 0 Å². The maximum Gasteiger partial charge on any atom is 0.335 e. The van der Waals surface area contributed by atoms with Crippen LogP contribution in [0.2, 0.25) is 0 Å². The van der Waals surface area contributed by atoms with Crippen molar-refractivity contribution in [2.24, 2.45) is 11.8 Å². The summed E-state index contributed by atoms with van der Waals surface area (Å²) in [5.74, 6) is 0.721. The van der Waals surface area contributed by atoms with Crippen molar-refractivity contribution in [3.8, 4) is 0 Å². The van der Waals surface area contributed by atoms with Gasteiger partial charge >= 0.3 is 5.97 Å². The van der Waals surface area contributed by atoms with E-state index in [1.807, 2.05) is 0 Å². The van der Waals surface area contributed by atoms with E-state index >= 15 is 0 Å². The first-order chi connectivity index (χ1) is 8.13. The molecule has 0 aromatic carbocycles. The van der Waals surface area contributed by atoms with Crippen LogP contribution >= 0.6 is 0 Å². The summed E-state index contributed by atoms with van der Waals surface area (Å²) in [6.07, 6.45) is 6.38. The first-order valence-corrected chi connectivity index (χ1v) is 6.55. The molecule has 0 radical (unpaired) electrons. The maximum atomic E-state index is 11.6. The third-order valence-corrected chi connectivity index (χ3v) is 3.86. The van der Waals surface area contributed by atoms with Crippen LogP contribution in [0, 0.1) is 11.8 Å². The van der Waals surface area contributed by atoms with Crippen LogP contribution < -0.4 is 0 Å². The van der Waals surface area contributed by atoms with E-state index < -0.39 is 6.10 Å². The highest BCUT2D eigenvalue weighted by Gasteiger charge is 2.39. The fraction of sp³-hybridized carbons (Fsp3) is 0.786. The Hall–Kier alpha value is -0.830. The molecule has 0 spiro atoms. The maximum absolute atomic E-state index is 11.6. The number of carbonyl (C=O) groups is 1. The molecule has 0 N–H and O–H groups in total. The number of fused-ring (bicyclic) bond motifs is 1. The van der Waals surface area contributed by atoms with Crippen molar-refractivity contribution in [3.05, 3.63) is 11.6 Å². The van der Waals surface area contributed by atoms with E-state index in [0.717, 1.165) is 12.8 Å². The molecular formula is C14H22O3. The van der Waals surface area contributed by atoms with Gasteiger partial charge in [0.1, 0.15) is 0 Å². The molecule has 1 aliphatic carbocycles. The Balaban J connectivity index is 2.18. The number of esters is 1. The third-order valence-electron chi connectivity index (χ3n) is 3.86. The van der Waals surface area contributed by atoms with Gasteiger partial charge in [0.2, 0.25) is 0 Å². The molecule has 0 bridgehead atoms. The average Bonchev–Trinajstić information content (AvgIpc) is 2.36. The molecule has 0 aromatic heterocycles. The first kappa shape index (κ1) is 12.6. The van der Waals surface area contributed by atoms with E-state index in [2.05, 4.69) is 19.9 Å². The van der Waals surface area contributed by atoms with E-state index in [-0.39, 0.29) is 12.1 Å². The van der Waals surface area contributed by atoms with Crippen LogP contribution in [0.1, 0.15) is 39.5 Å². The number of hydrogen-bond acceptors (Lipinski definition) is 3. The summed E-state index contributed by atoms with van der Waals surface area (Å²) in [6, 6.07) is 0. The van der Waals surface area contributed by atoms with Crippen molar-refractivity contribution in [3.63, 3.8) is 0 Å². The summed E-state index contributed by atoms with van der Waals surface area (Å²) in [6.45, 7) is 4.33. The minimum atomic E-state index is -0.395. The first-order valence-electron chi connectivity index (χ1n) is 6.55. The lowest BCUT2D eigenvalue weighted by atomic mass is 9.76. The van der Waals surface area contributed by atoms with Crippen LogP contribution in [0.25, 0.3) is 0 Å². The second kappa shape index (κ2) is 5.21. The van der Waals surface area contributed by atoms with E-state index in [4.69, 9.17) is 9.47 Å². The zero-order valence-electron chi connectivity index (χ0n) is 10.9. The molecule has 1 heterocycles. The molecule has 1 aliphatic heterocycles. The van der Waals surface area contributed by atoms with Crippen molar-refractivity contribution >= 4 is 5.97 Å². The molecule has 3 atom stereocenters. The third kappa shape index (κ3) is 2.54. The van der Waals surface area contributed by atoms with E-state index in [0.29, 0.717) is 11.8 Å². The van der Waals surface area contributed by atoms with Gasteiger partial charge in [-0.1, -0.05) is 25.5 Å². The highest BCUT2D eigenvalue weighted by molar-refractivity contribution is 5.75. The standard InChI is InChI=1S/C14H22O3/c1-9(2)13-11-7-5-4-6-10(11)8-12(17-13)14(15)16-3/h6,9,11-13H,4-5,7-8H2,1-3H3/t11-,12+,13+/m1/s1. The number of hydrogen-bond donors (Lipinski definition) is 0. The highest BCUT2D eigenvalue weighted by Crippen LogP contribution is 2.40. The number of ether oxygens (including phenoxy) is 2. The summed E-state index contributed by atoms with van der Waals surface area (Å²) in [7, 11) is 1.43. The molecule has 3 nitrogen and oxygen atoms in total.